The molecule has 0 saturated heterocycles. The predicted molar refractivity (Wildman–Crippen MR) is 134 cm³/mol. The Kier molecular flexibility index (Phi) is 7.02. The lowest BCUT2D eigenvalue weighted by Gasteiger charge is -2.14. The van der Waals surface area contributed by atoms with E-state index in [-0.39, 0.29) is 44.4 Å². The van der Waals surface area contributed by atoms with Crippen LogP contribution < -0.4 is 5.32 Å². The maximum atomic E-state index is 11.9. The quantitative estimate of drug-likeness (QED) is 0.175. The van der Waals surface area contributed by atoms with Crippen molar-refractivity contribution >= 4 is 77.2 Å². The number of hydrogen-bond acceptors (Lipinski definition) is 11. The van der Waals surface area contributed by atoms with E-state index in [2.05, 4.69) is 30.5 Å². The third-order valence-corrected chi connectivity index (χ3v) is 6.95. The Bertz CT molecular complexity index is 1800. The monoisotopic (exact) mass is 584 g/mol. The summed E-state index contributed by atoms with van der Waals surface area (Å²) in [7, 11) is -9.28. The second-order valence-electron chi connectivity index (χ2n) is 7.40. The molecular weight excluding hydrogens is 571 g/mol. The van der Waals surface area contributed by atoms with E-state index in [1.54, 1.807) is 0 Å². The van der Waals surface area contributed by atoms with Crippen LogP contribution in [0.3, 0.4) is 0 Å². The summed E-state index contributed by atoms with van der Waals surface area (Å²) in [5, 5.41) is 21.3. The van der Waals surface area contributed by atoms with Crippen molar-refractivity contribution < 1.29 is 31.0 Å². The number of phenols is 1. The number of aromatic hydroxyl groups is 1. The first kappa shape index (κ1) is 26.6. The topological polar surface area (TPSA) is 204 Å². The van der Waals surface area contributed by atoms with Crippen LogP contribution in [0.2, 0.25) is 10.6 Å². The minimum absolute atomic E-state index is 0.0164. The fraction of sp³-hybridized carbons (Fsp3) is 0.0500. The largest absolute Gasteiger partial charge is 0.505 e. The molecule has 0 unspecified atom stereocenters. The van der Waals surface area contributed by atoms with Crippen molar-refractivity contribution in [2.75, 3.05) is 5.32 Å². The number of rotatable bonds is 6. The Balaban J connectivity index is 1.94. The molecule has 1 aromatic heterocycles. The summed E-state index contributed by atoms with van der Waals surface area (Å²) in [5.74, 6) is -0.692. The van der Waals surface area contributed by atoms with Crippen LogP contribution in [-0.2, 0) is 20.2 Å². The van der Waals surface area contributed by atoms with Crippen molar-refractivity contribution in [3.05, 3.63) is 58.6 Å². The summed E-state index contributed by atoms with van der Waals surface area (Å²) < 4.78 is 66.1. The van der Waals surface area contributed by atoms with E-state index in [9.17, 15) is 31.0 Å². The van der Waals surface area contributed by atoms with Gasteiger partial charge in [-0.05, 0) is 71.4 Å². The SMILES string of the molecule is Cc1cc2cc(S(=O)(=O)O)cc(Nc3nc(Cl)nc(Cl)n3)c2c(O)c1N=Nc1ccccc1S(=O)(=O)O. The summed E-state index contributed by atoms with van der Waals surface area (Å²) in [6, 6.07) is 8.84. The average molecular weight is 585 g/mol. The van der Waals surface area contributed by atoms with E-state index in [1.165, 1.54) is 31.2 Å². The highest BCUT2D eigenvalue weighted by atomic mass is 35.5. The number of aromatic nitrogens is 3. The second kappa shape index (κ2) is 9.77. The summed E-state index contributed by atoms with van der Waals surface area (Å²) in [5.41, 5.74) is -0.0797. The average Bonchev–Trinajstić information content (AvgIpc) is 2.76. The van der Waals surface area contributed by atoms with Gasteiger partial charge in [0.05, 0.1) is 10.6 Å². The van der Waals surface area contributed by atoms with Gasteiger partial charge in [-0.25, -0.2) is 0 Å². The number of nitrogens with one attached hydrogen (secondary N) is 1. The molecule has 37 heavy (non-hydrogen) atoms. The lowest BCUT2D eigenvalue weighted by molar-refractivity contribution is 0.480. The molecule has 4 aromatic rings. The standard InChI is InChI=1S/C20H14Cl2N6O7S2/c1-9-6-10-7-11(36(30,31)32)8-13(23-20-25-18(21)24-19(22)26-20)15(10)17(29)16(9)28-27-12-4-2-3-5-14(12)37(33,34)35/h2-8,29H,1H3,(H,30,31,32)(H,33,34,35)(H,23,24,25,26). The molecule has 0 bridgehead atoms. The zero-order valence-electron chi connectivity index (χ0n) is 18.3. The summed E-state index contributed by atoms with van der Waals surface area (Å²) >= 11 is 11.6. The molecule has 1 heterocycles. The van der Waals surface area contributed by atoms with Crippen LogP contribution >= 0.6 is 23.2 Å². The number of nitrogens with zero attached hydrogens (tertiary/aromatic N) is 5. The zero-order chi connectivity index (χ0) is 27.1. The number of fused-ring (bicyclic) bond motifs is 1. The van der Waals surface area contributed by atoms with Gasteiger partial charge in [0, 0.05) is 5.39 Å². The van der Waals surface area contributed by atoms with Crippen molar-refractivity contribution in [3.63, 3.8) is 0 Å². The first-order valence-corrected chi connectivity index (χ1v) is 13.5. The lowest BCUT2D eigenvalue weighted by Crippen LogP contribution is -2.03. The van der Waals surface area contributed by atoms with Crippen LogP contribution in [0.1, 0.15) is 5.56 Å². The summed E-state index contributed by atoms with van der Waals surface area (Å²) in [6.45, 7) is 1.53. The number of halogens is 2. The van der Waals surface area contributed by atoms with Gasteiger partial charge < -0.3 is 10.4 Å². The van der Waals surface area contributed by atoms with Crippen LogP contribution in [-0.4, -0.2) is 46.0 Å². The molecule has 192 valence electrons. The van der Waals surface area contributed by atoms with Crippen LogP contribution in [0, 0.1) is 6.92 Å². The van der Waals surface area contributed by atoms with Gasteiger partial charge in [0.15, 0.2) is 5.75 Å². The van der Waals surface area contributed by atoms with Gasteiger partial charge in [0.1, 0.15) is 16.3 Å². The Morgan fingerprint density at radius 1 is 0.892 bits per heavy atom. The van der Waals surface area contributed by atoms with Gasteiger partial charge in [-0.1, -0.05) is 12.1 Å². The van der Waals surface area contributed by atoms with Gasteiger partial charge in [0.25, 0.3) is 20.2 Å². The molecule has 4 N–H and O–H groups in total. The first-order chi connectivity index (χ1) is 17.2. The number of phenolic OH excluding ortho intramolecular Hbond substituents is 1. The van der Waals surface area contributed by atoms with Crippen molar-refractivity contribution in [1.82, 2.24) is 15.0 Å². The van der Waals surface area contributed by atoms with E-state index in [1.807, 2.05) is 0 Å². The van der Waals surface area contributed by atoms with Crippen molar-refractivity contribution in [1.29, 1.82) is 0 Å². The van der Waals surface area contributed by atoms with Gasteiger partial charge >= 0.3 is 0 Å². The zero-order valence-corrected chi connectivity index (χ0v) is 21.5. The Hall–Kier alpha value is -3.47. The predicted octanol–water partition coefficient (Wildman–Crippen LogP) is 5.00. The number of benzene rings is 3. The molecule has 0 atom stereocenters. The Morgan fingerprint density at radius 3 is 2.16 bits per heavy atom. The molecule has 0 aliphatic heterocycles. The fourth-order valence-electron chi connectivity index (χ4n) is 3.36. The van der Waals surface area contributed by atoms with E-state index >= 15 is 0 Å². The number of azo groups is 1. The van der Waals surface area contributed by atoms with Crippen LogP contribution in [0.4, 0.5) is 23.0 Å². The van der Waals surface area contributed by atoms with Gasteiger partial charge in [-0.3, -0.25) is 9.11 Å². The second-order valence-corrected chi connectivity index (χ2v) is 10.9. The summed E-state index contributed by atoms with van der Waals surface area (Å²) in [6.07, 6.45) is 0. The maximum absolute atomic E-state index is 11.9. The molecular formula is C20H14Cl2N6O7S2. The molecule has 0 spiro atoms. The lowest BCUT2D eigenvalue weighted by atomic mass is 10.0. The smallest absolute Gasteiger partial charge is 0.296 e. The van der Waals surface area contributed by atoms with E-state index in [0.717, 1.165) is 18.2 Å². The highest BCUT2D eigenvalue weighted by Crippen LogP contribution is 2.44. The van der Waals surface area contributed by atoms with Gasteiger partial charge in [-0.2, -0.15) is 31.8 Å². The third kappa shape index (κ3) is 5.76. The molecule has 17 heteroatoms. The molecule has 0 aliphatic carbocycles. The molecule has 0 saturated carbocycles. The van der Waals surface area contributed by atoms with Crippen molar-refractivity contribution in [2.45, 2.75) is 16.7 Å². The van der Waals surface area contributed by atoms with Gasteiger partial charge in [-0.15, -0.1) is 10.2 Å². The van der Waals surface area contributed by atoms with Crippen molar-refractivity contribution in [3.8, 4) is 5.75 Å². The molecule has 0 radical (unpaired) electrons. The fourth-order valence-corrected chi connectivity index (χ4v) is 4.89. The number of hydrogen-bond donors (Lipinski definition) is 4. The minimum atomic E-state index is -4.68. The number of anilines is 2. The third-order valence-electron chi connectivity index (χ3n) is 4.88. The van der Waals surface area contributed by atoms with Crippen molar-refractivity contribution in [2.24, 2.45) is 10.2 Å². The van der Waals surface area contributed by atoms with E-state index in [4.69, 9.17) is 23.2 Å². The van der Waals surface area contributed by atoms with Gasteiger partial charge in [0.2, 0.25) is 16.5 Å². The minimum Gasteiger partial charge on any atom is -0.505 e. The Morgan fingerprint density at radius 2 is 1.54 bits per heavy atom. The Labute approximate surface area is 219 Å². The molecule has 4 rings (SSSR count). The summed E-state index contributed by atoms with van der Waals surface area (Å²) in [4.78, 5) is 10.3. The normalized spacial score (nSPS) is 12.4. The molecule has 13 nitrogen and oxygen atoms in total. The highest BCUT2D eigenvalue weighted by molar-refractivity contribution is 7.86. The van der Waals surface area contributed by atoms with Crippen LogP contribution in [0.25, 0.3) is 10.8 Å². The highest BCUT2D eigenvalue weighted by Gasteiger charge is 2.21. The molecule has 0 amide bonds. The maximum Gasteiger partial charge on any atom is 0.296 e. The molecule has 3 aromatic carbocycles. The first-order valence-electron chi connectivity index (χ1n) is 9.84. The van der Waals surface area contributed by atoms with E-state index < -0.39 is 35.8 Å². The molecule has 0 fully saturated rings. The van der Waals surface area contributed by atoms with Crippen LogP contribution in [0.15, 0.2) is 62.5 Å². The van der Waals surface area contributed by atoms with E-state index in [0.29, 0.717) is 5.56 Å². The van der Waals surface area contributed by atoms with Crippen LogP contribution in [0.5, 0.6) is 5.75 Å². The number of aryl methyl sites for hydroxylation is 1. The molecule has 0 aliphatic rings.